The number of nitrogens with one attached hydrogen (secondary N) is 1. The number of aliphatic hydroxyl groups is 1. The average Bonchev–Trinajstić information content (AvgIpc) is 3.31. The van der Waals surface area contributed by atoms with E-state index in [1.54, 1.807) is 24.3 Å². The standard InChI is InChI=1S/C24H24ClN3O3/c1-14(2)21-11-18-9-20(25)10-19(23(18)31-21)12-28-15(3)8-22(27-28)26-24(30)17-6-4-16(13-29)5-7-17/h4-11,14,29H,12-13H2,1-3H3,(H,26,27,30). The first-order valence-electron chi connectivity index (χ1n) is 10.1. The van der Waals surface area contributed by atoms with Gasteiger partial charge in [-0.3, -0.25) is 9.48 Å². The summed E-state index contributed by atoms with van der Waals surface area (Å²) >= 11 is 6.34. The highest BCUT2D eigenvalue weighted by Crippen LogP contribution is 2.31. The fraction of sp³-hybridized carbons (Fsp3) is 0.250. The van der Waals surface area contributed by atoms with Crippen LogP contribution in [0.2, 0.25) is 5.02 Å². The molecule has 2 aromatic heterocycles. The maximum atomic E-state index is 12.5. The van der Waals surface area contributed by atoms with Gasteiger partial charge < -0.3 is 14.8 Å². The minimum absolute atomic E-state index is 0.0589. The van der Waals surface area contributed by atoms with Crippen LogP contribution in [-0.2, 0) is 13.2 Å². The van der Waals surface area contributed by atoms with Crippen LogP contribution in [0.1, 0.15) is 52.7 Å². The Morgan fingerprint density at radius 2 is 1.94 bits per heavy atom. The van der Waals surface area contributed by atoms with Crippen molar-refractivity contribution in [2.24, 2.45) is 0 Å². The predicted molar refractivity (Wildman–Crippen MR) is 122 cm³/mol. The van der Waals surface area contributed by atoms with Crippen LogP contribution in [0.4, 0.5) is 5.82 Å². The molecule has 0 saturated heterocycles. The van der Waals surface area contributed by atoms with Crippen molar-refractivity contribution in [3.63, 3.8) is 0 Å². The van der Waals surface area contributed by atoms with E-state index in [0.29, 0.717) is 22.9 Å². The Labute approximate surface area is 185 Å². The van der Waals surface area contributed by atoms with E-state index in [0.717, 1.165) is 33.6 Å². The molecule has 4 aromatic rings. The summed E-state index contributed by atoms with van der Waals surface area (Å²) in [6, 6.07) is 14.4. The molecule has 0 fully saturated rings. The number of carbonyl (C=O) groups excluding carboxylic acids is 1. The number of aromatic nitrogens is 2. The molecule has 0 spiro atoms. The Balaban J connectivity index is 1.57. The smallest absolute Gasteiger partial charge is 0.256 e. The molecule has 4 rings (SSSR count). The topological polar surface area (TPSA) is 80.3 Å². The number of carbonyl (C=O) groups is 1. The first-order valence-corrected chi connectivity index (χ1v) is 10.5. The fourth-order valence-electron chi connectivity index (χ4n) is 3.45. The van der Waals surface area contributed by atoms with Crippen LogP contribution in [0.25, 0.3) is 11.0 Å². The molecule has 0 aliphatic heterocycles. The fourth-order valence-corrected chi connectivity index (χ4v) is 3.70. The molecule has 0 aliphatic carbocycles. The maximum absolute atomic E-state index is 12.5. The molecule has 2 aromatic carbocycles. The van der Waals surface area contributed by atoms with Crippen molar-refractivity contribution < 1.29 is 14.3 Å². The number of hydrogen-bond acceptors (Lipinski definition) is 4. The number of rotatable bonds is 6. The number of anilines is 1. The summed E-state index contributed by atoms with van der Waals surface area (Å²) in [5.74, 6) is 1.40. The molecule has 0 saturated carbocycles. The van der Waals surface area contributed by atoms with Crippen molar-refractivity contribution in [2.45, 2.75) is 39.8 Å². The predicted octanol–water partition coefficient (Wildman–Crippen LogP) is 5.51. The largest absolute Gasteiger partial charge is 0.460 e. The lowest BCUT2D eigenvalue weighted by molar-refractivity contribution is 0.102. The second kappa shape index (κ2) is 8.57. The summed E-state index contributed by atoms with van der Waals surface area (Å²) in [6.45, 7) is 6.51. The molecule has 160 valence electrons. The highest BCUT2D eigenvalue weighted by Gasteiger charge is 2.15. The van der Waals surface area contributed by atoms with Crippen LogP contribution in [-0.4, -0.2) is 20.8 Å². The second-order valence-corrected chi connectivity index (χ2v) is 8.36. The van der Waals surface area contributed by atoms with Crippen molar-refractivity contribution in [3.05, 3.63) is 81.7 Å². The quantitative estimate of drug-likeness (QED) is 0.417. The van der Waals surface area contributed by atoms with E-state index in [9.17, 15) is 4.79 Å². The van der Waals surface area contributed by atoms with Gasteiger partial charge in [0.15, 0.2) is 5.82 Å². The van der Waals surface area contributed by atoms with E-state index in [4.69, 9.17) is 21.1 Å². The van der Waals surface area contributed by atoms with Gasteiger partial charge in [0.1, 0.15) is 11.3 Å². The summed E-state index contributed by atoms with van der Waals surface area (Å²) in [5.41, 5.74) is 3.88. The summed E-state index contributed by atoms with van der Waals surface area (Å²) < 4.78 is 7.90. The maximum Gasteiger partial charge on any atom is 0.256 e. The van der Waals surface area contributed by atoms with Crippen molar-refractivity contribution >= 4 is 34.3 Å². The third-order valence-electron chi connectivity index (χ3n) is 5.19. The molecule has 0 bridgehead atoms. The summed E-state index contributed by atoms with van der Waals surface area (Å²) in [7, 11) is 0. The molecule has 0 unspecified atom stereocenters. The molecule has 0 radical (unpaired) electrons. The minimum atomic E-state index is -0.258. The Hall–Kier alpha value is -3.09. The number of benzene rings is 2. The van der Waals surface area contributed by atoms with Crippen molar-refractivity contribution in [3.8, 4) is 0 Å². The molecule has 6 nitrogen and oxygen atoms in total. The third-order valence-corrected chi connectivity index (χ3v) is 5.41. The zero-order valence-electron chi connectivity index (χ0n) is 17.6. The second-order valence-electron chi connectivity index (χ2n) is 7.92. The molecule has 2 N–H and O–H groups in total. The van der Waals surface area contributed by atoms with Crippen LogP contribution in [0, 0.1) is 6.92 Å². The lowest BCUT2D eigenvalue weighted by Crippen LogP contribution is -2.13. The third kappa shape index (κ3) is 4.50. The lowest BCUT2D eigenvalue weighted by atomic mass is 10.1. The molecule has 0 aliphatic rings. The van der Waals surface area contributed by atoms with Gasteiger partial charge in [0, 0.05) is 39.2 Å². The van der Waals surface area contributed by atoms with E-state index in [1.807, 2.05) is 35.9 Å². The van der Waals surface area contributed by atoms with E-state index in [-0.39, 0.29) is 18.4 Å². The Bertz CT molecular complexity index is 1240. The van der Waals surface area contributed by atoms with E-state index in [2.05, 4.69) is 24.3 Å². The Kier molecular flexibility index (Phi) is 5.85. The normalized spacial score (nSPS) is 11.4. The van der Waals surface area contributed by atoms with Gasteiger partial charge in [-0.1, -0.05) is 37.6 Å². The Morgan fingerprint density at radius 1 is 1.19 bits per heavy atom. The number of aliphatic hydroxyl groups excluding tert-OH is 1. The van der Waals surface area contributed by atoms with Crippen molar-refractivity contribution in [1.29, 1.82) is 0 Å². The molecule has 0 atom stereocenters. The van der Waals surface area contributed by atoms with Crippen LogP contribution in [0.3, 0.4) is 0 Å². The summed E-state index contributed by atoms with van der Waals surface area (Å²) in [4.78, 5) is 12.5. The lowest BCUT2D eigenvalue weighted by Gasteiger charge is -2.07. The monoisotopic (exact) mass is 437 g/mol. The van der Waals surface area contributed by atoms with Crippen molar-refractivity contribution in [2.75, 3.05) is 5.32 Å². The number of halogens is 1. The molecular weight excluding hydrogens is 414 g/mol. The van der Waals surface area contributed by atoms with Crippen LogP contribution in [0.15, 0.2) is 52.9 Å². The Morgan fingerprint density at radius 3 is 2.61 bits per heavy atom. The number of hydrogen-bond donors (Lipinski definition) is 2. The van der Waals surface area contributed by atoms with Gasteiger partial charge in [0.25, 0.3) is 5.91 Å². The van der Waals surface area contributed by atoms with Crippen LogP contribution >= 0.6 is 11.6 Å². The highest BCUT2D eigenvalue weighted by molar-refractivity contribution is 6.31. The van der Waals surface area contributed by atoms with Crippen LogP contribution in [0.5, 0.6) is 0 Å². The van der Waals surface area contributed by atoms with Gasteiger partial charge in [0.2, 0.25) is 0 Å². The molecule has 1 amide bonds. The minimum Gasteiger partial charge on any atom is -0.460 e. The average molecular weight is 438 g/mol. The SMILES string of the molecule is Cc1cc(NC(=O)c2ccc(CO)cc2)nn1Cc1cc(Cl)cc2cc(C(C)C)oc12. The van der Waals surface area contributed by atoms with Gasteiger partial charge >= 0.3 is 0 Å². The molecular formula is C24H24ClN3O3. The highest BCUT2D eigenvalue weighted by atomic mass is 35.5. The van der Waals surface area contributed by atoms with Crippen LogP contribution < -0.4 is 5.32 Å². The zero-order valence-corrected chi connectivity index (χ0v) is 18.4. The first kappa shape index (κ1) is 21.2. The number of amides is 1. The summed E-state index contributed by atoms with van der Waals surface area (Å²) in [5, 5.41) is 18.1. The number of aryl methyl sites for hydroxylation is 1. The van der Waals surface area contributed by atoms with E-state index < -0.39 is 0 Å². The molecule has 31 heavy (non-hydrogen) atoms. The summed E-state index contributed by atoms with van der Waals surface area (Å²) in [6.07, 6.45) is 0. The number of furan rings is 1. The zero-order chi connectivity index (χ0) is 22.1. The van der Waals surface area contributed by atoms with Gasteiger partial charge in [-0.2, -0.15) is 5.10 Å². The molecule has 7 heteroatoms. The van der Waals surface area contributed by atoms with Crippen molar-refractivity contribution in [1.82, 2.24) is 9.78 Å². The number of fused-ring (bicyclic) bond motifs is 1. The van der Waals surface area contributed by atoms with Gasteiger partial charge in [0.05, 0.1) is 13.2 Å². The molecule has 2 heterocycles. The van der Waals surface area contributed by atoms with Gasteiger partial charge in [-0.15, -0.1) is 0 Å². The van der Waals surface area contributed by atoms with E-state index >= 15 is 0 Å². The van der Waals surface area contributed by atoms with Gasteiger partial charge in [-0.05, 0) is 42.8 Å². The van der Waals surface area contributed by atoms with Gasteiger partial charge in [-0.25, -0.2) is 0 Å². The number of nitrogens with zero attached hydrogens (tertiary/aromatic N) is 2. The van der Waals surface area contributed by atoms with E-state index in [1.165, 1.54) is 0 Å². The first-order chi connectivity index (χ1) is 14.8.